The summed E-state index contributed by atoms with van der Waals surface area (Å²) in [5.74, 6) is 0.455. The number of fused-ring (bicyclic) bond motifs is 1. The third-order valence-corrected chi connectivity index (χ3v) is 5.37. The van der Waals surface area contributed by atoms with Gasteiger partial charge in [0.05, 0.1) is 15.9 Å². The van der Waals surface area contributed by atoms with E-state index >= 15 is 0 Å². The Morgan fingerprint density at radius 2 is 1.78 bits per heavy atom. The second-order valence-electron chi connectivity index (χ2n) is 5.50. The number of hydrogen-bond acceptors (Lipinski definition) is 4. The van der Waals surface area contributed by atoms with E-state index in [-0.39, 0.29) is 10.6 Å². The lowest BCUT2D eigenvalue weighted by Gasteiger charge is -2.09. The number of nitrogens with two attached hydrogens (primary N) is 1. The molecule has 1 heterocycles. The Bertz CT molecular complexity index is 928. The van der Waals surface area contributed by atoms with Crippen LogP contribution < -0.4 is 5.73 Å². The van der Waals surface area contributed by atoms with Gasteiger partial charge in [-0.1, -0.05) is 19.1 Å². The lowest BCUT2D eigenvalue weighted by Crippen LogP contribution is -2.11. The molecule has 0 atom stereocenters. The molecule has 0 amide bonds. The van der Waals surface area contributed by atoms with E-state index < -0.39 is 9.84 Å². The van der Waals surface area contributed by atoms with E-state index in [0.29, 0.717) is 11.5 Å². The number of hydrogen-bond donors (Lipinski definition) is 1. The van der Waals surface area contributed by atoms with Gasteiger partial charge in [-0.15, -0.1) is 0 Å². The Morgan fingerprint density at radius 1 is 1.09 bits per heavy atom. The molecule has 0 spiro atoms. The number of rotatable bonds is 5. The molecule has 5 nitrogen and oxygen atoms in total. The predicted molar refractivity (Wildman–Crippen MR) is 91.8 cm³/mol. The van der Waals surface area contributed by atoms with Crippen LogP contribution in [0.5, 0.6) is 0 Å². The SMILES string of the molecule is CCCn1c(CS(=O)(=O)c2ccc(N)cc2)nc2ccccc21. The quantitative estimate of drug-likeness (QED) is 0.730. The summed E-state index contributed by atoms with van der Waals surface area (Å²) in [5.41, 5.74) is 7.96. The number of nitrogens with zero attached hydrogens (tertiary/aromatic N) is 2. The summed E-state index contributed by atoms with van der Waals surface area (Å²) in [5, 5.41) is 0. The maximum atomic E-state index is 12.7. The van der Waals surface area contributed by atoms with E-state index in [9.17, 15) is 8.42 Å². The van der Waals surface area contributed by atoms with Crippen molar-refractivity contribution in [3.8, 4) is 0 Å². The molecular weight excluding hydrogens is 310 g/mol. The average Bonchev–Trinajstić information content (AvgIpc) is 2.85. The third-order valence-electron chi connectivity index (χ3n) is 3.74. The van der Waals surface area contributed by atoms with Gasteiger partial charge in [0.25, 0.3) is 0 Å². The van der Waals surface area contributed by atoms with Crippen LogP contribution in [0.4, 0.5) is 5.69 Å². The predicted octanol–water partition coefficient (Wildman–Crippen LogP) is 3.00. The van der Waals surface area contributed by atoms with Crippen molar-refractivity contribution in [1.29, 1.82) is 0 Å². The van der Waals surface area contributed by atoms with Gasteiger partial charge >= 0.3 is 0 Å². The van der Waals surface area contributed by atoms with Gasteiger partial charge in [0.2, 0.25) is 0 Å². The fourth-order valence-corrected chi connectivity index (χ4v) is 3.91. The van der Waals surface area contributed by atoms with E-state index in [2.05, 4.69) is 11.9 Å². The van der Waals surface area contributed by atoms with E-state index in [1.165, 1.54) is 12.1 Å². The number of nitrogen functional groups attached to an aromatic ring is 1. The van der Waals surface area contributed by atoms with Crippen molar-refractivity contribution in [2.24, 2.45) is 0 Å². The van der Waals surface area contributed by atoms with Gasteiger partial charge in [-0.25, -0.2) is 13.4 Å². The molecule has 0 aliphatic heterocycles. The molecule has 0 aliphatic carbocycles. The molecular formula is C17H19N3O2S. The van der Waals surface area contributed by atoms with Crippen LogP contribution in [0, 0.1) is 0 Å². The third kappa shape index (κ3) is 3.07. The Labute approximate surface area is 135 Å². The summed E-state index contributed by atoms with van der Waals surface area (Å²) in [6.07, 6.45) is 0.912. The molecule has 0 fully saturated rings. The molecule has 3 aromatic rings. The molecule has 0 radical (unpaired) electrons. The standard InChI is InChI=1S/C17H19N3O2S/c1-2-11-20-16-6-4-3-5-15(16)19-17(20)12-23(21,22)14-9-7-13(18)8-10-14/h3-10H,2,11-12,18H2,1H3. The number of imidazole rings is 1. The Hall–Kier alpha value is -2.34. The first kappa shape index (κ1) is 15.6. The normalized spacial score (nSPS) is 11.9. The van der Waals surface area contributed by atoms with Crippen LogP contribution in [0.1, 0.15) is 19.2 Å². The number of benzene rings is 2. The molecule has 0 unspecified atom stereocenters. The zero-order valence-electron chi connectivity index (χ0n) is 12.9. The van der Waals surface area contributed by atoms with Crippen LogP contribution in [0.25, 0.3) is 11.0 Å². The number of aromatic nitrogens is 2. The smallest absolute Gasteiger partial charge is 0.185 e. The van der Waals surface area contributed by atoms with E-state index in [1.807, 2.05) is 28.8 Å². The maximum absolute atomic E-state index is 12.7. The Morgan fingerprint density at radius 3 is 2.48 bits per heavy atom. The molecule has 0 saturated heterocycles. The highest BCUT2D eigenvalue weighted by Crippen LogP contribution is 2.22. The van der Waals surface area contributed by atoms with Crippen LogP contribution in [0.15, 0.2) is 53.4 Å². The minimum absolute atomic E-state index is 0.119. The molecule has 0 bridgehead atoms. The highest BCUT2D eigenvalue weighted by atomic mass is 32.2. The first-order chi connectivity index (χ1) is 11.0. The minimum Gasteiger partial charge on any atom is -0.399 e. The largest absolute Gasteiger partial charge is 0.399 e. The molecule has 6 heteroatoms. The summed E-state index contributed by atoms with van der Waals surface area (Å²) in [6.45, 7) is 2.81. The van der Waals surface area contributed by atoms with Crippen molar-refractivity contribution in [1.82, 2.24) is 9.55 Å². The van der Waals surface area contributed by atoms with E-state index in [4.69, 9.17) is 5.73 Å². The first-order valence-corrected chi connectivity index (χ1v) is 9.19. The molecule has 2 aromatic carbocycles. The van der Waals surface area contributed by atoms with Gasteiger partial charge in [-0.05, 0) is 42.8 Å². The lowest BCUT2D eigenvalue weighted by molar-refractivity contribution is 0.589. The summed E-state index contributed by atoms with van der Waals surface area (Å²) < 4.78 is 27.3. The van der Waals surface area contributed by atoms with Crippen LogP contribution in [-0.4, -0.2) is 18.0 Å². The second kappa shape index (κ2) is 6.04. The number of para-hydroxylation sites is 2. The molecule has 3 rings (SSSR count). The van der Waals surface area contributed by atoms with Crippen molar-refractivity contribution >= 4 is 26.6 Å². The molecule has 2 N–H and O–H groups in total. The summed E-state index contributed by atoms with van der Waals surface area (Å²) >= 11 is 0. The topological polar surface area (TPSA) is 78.0 Å². The van der Waals surface area contributed by atoms with Gasteiger partial charge in [0, 0.05) is 12.2 Å². The van der Waals surface area contributed by atoms with Gasteiger partial charge in [0.15, 0.2) is 9.84 Å². The summed E-state index contributed by atoms with van der Waals surface area (Å²) in [6, 6.07) is 14.0. The fraction of sp³-hybridized carbons (Fsp3) is 0.235. The number of sulfone groups is 1. The molecule has 0 saturated carbocycles. The average molecular weight is 329 g/mol. The fourth-order valence-electron chi connectivity index (χ4n) is 2.64. The zero-order chi connectivity index (χ0) is 16.4. The van der Waals surface area contributed by atoms with Crippen molar-refractivity contribution in [3.63, 3.8) is 0 Å². The van der Waals surface area contributed by atoms with Crippen molar-refractivity contribution < 1.29 is 8.42 Å². The lowest BCUT2D eigenvalue weighted by atomic mass is 10.3. The number of aryl methyl sites for hydroxylation is 1. The van der Waals surface area contributed by atoms with Crippen molar-refractivity contribution in [2.75, 3.05) is 5.73 Å². The minimum atomic E-state index is -3.46. The van der Waals surface area contributed by atoms with Crippen molar-refractivity contribution in [3.05, 3.63) is 54.4 Å². The summed E-state index contributed by atoms with van der Waals surface area (Å²) in [7, 11) is -3.46. The van der Waals surface area contributed by atoms with Gasteiger partial charge in [0.1, 0.15) is 11.6 Å². The molecule has 120 valence electrons. The van der Waals surface area contributed by atoms with E-state index in [1.54, 1.807) is 12.1 Å². The van der Waals surface area contributed by atoms with Gasteiger partial charge in [-0.2, -0.15) is 0 Å². The zero-order valence-corrected chi connectivity index (χ0v) is 13.8. The Kier molecular flexibility index (Phi) is 4.09. The molecule has 23 heavy (non-hydrogen) atoms. The molecule has 1 aromatic heterocycles. The second-order valence-corrected chi connectivity index (χ2v) is 7.49. The Balaban J connectivity index is 2.03. The molecule has 0 aliphatic rings. The van der Waals surface area contributed by atoms with Crippen molar-refractivity contribution in [2.45, 2.75) is 30.5 Å². The van der Waals surface area contributed by atoms with Crippen LogP contribution in [0.2, 0.25) is 0 Å². The van der Waals surface area contributed by atoms with Crippen LogP contribution >= 0.6 is 0 Å². The number of anilines is 1. The highest BCUT2D eigenvalue weighted by Gasteiger charge is 2.20. The highest BCUT2D eigenvalue weighted by molar-refractivity contribution is 7.90. The van der Waals surface area contributed by atoms with Gasteiger partial charge < -0.3 is 10.3 Å². The van der Waals surface area contributed by atoms with E-state index in [0.717, 1.165) is 24.0 Å². The maximum Gasteiger partial charge on any atom is 0.185 e. The monoisotopic (exact) mass is 329 g/mol. The summed E-state index contributed by atoms with van der Waals surface area (Å²) in [4.78, 5) is 4.78. The van der Waals surface area contributed by atoms with Crippen LogP contribution in [0.3, 0.4) is 0 Å². The van der Waals surface area contributed by atoms with Gasteiger partial charge in [-0.3, -0.25) is 0 Å². The first-order valence-electron chi connectivity index (χ1n) is 7.53. The van der Waals surface area contributed by atoms with Crippen LogP contribution in [-0.2, 0) is 22.1 Å².